The zero-order chi connectivity index (χ0) is 14.7. The van der Waals surface area contributed by atoms with Gasteiger partial charge >= 0.3 is 5.97 Å². The van der Waals surface area contributed by atoms with Crippen LogP contribution in [0.4, 0.5) is 0 Å². The Morgan fingerprint density at radius 1 is 1.25 bits per heavy atom. The first-order valence-electron chi connectivity index (χ1n) is 5.57. The van der Waals surface area contributed by atoms with Crippen molar-refractivity contribution in [3.05, 3.63) is 62.0 Å². The van der Waals surface area contributed by atoms with E-state index in [9.17, 15) is 4.79 Å². The van der Waals surface area contributed by atoms with Gasteiger partial charge in [0.25, 0.3) is 0 Å². The highest BCUT2D eigenvalue weighted by Gasteiger charge is 2.13. The molecule has 0 heterocycles. The standard InChI is InChI=1S/C14H9BrCl2O3/c15-9-4-5-10(14(18)19)12(6-9)20-7-8-2-1-3-11(16)13(8)17/h1-6H,7H2,(H,18,19). The third-order valence-electron chi connectivity index (χ3n) is 2.59. The summed E-state index contributed by atoms with van der Waals surface area (Å²) >= 11 is 15.2. The molecule has 0 spiro atoms. The lowest BCUT2D eigenvalue weighted by molar-refractivity contribution is 0.0691. The molecule has 0 atom stereocenters. The van der Waals surface area contributed by atoms with Gasteiger partial charge in [0.15, 0.2) is 0 Å². The molecule has 104 valence electrons. The molecule has 0 saturated heterocycles. The number of halogens is 3. The zero-order valence-corrected chi connectivity index (χ0v) is 13.2. The van der Waals surface area contributed by atoms with E-state index in [4.69, 9.17) is 33.0 Å². The Bertz CT molecular complexity index is 659. The fourth-order valence-electron chi connectivity index (χ4n) is 1.61. The summed E-state index contributed by atoms with van der Waals surface area (Å²) in [5.41, 5.74) is 0.779. The molecule has 1 N–H and O–H groups in total. The number of hydrogen-bond acceptors (Lipinski definition) is 2. The van der Waals surface area contributed by atoms with Crippen molar-refractivity contribution in [2.24, 2.45) is 0 Å². The molecule has 6 heteroatoms. The Morgan fingerprint density at radius 3 is 2.70 bits per heavy atom. The Morgan fingerprint density at radius 2 is 2.00 bits per heavy atom. The minimum absolute atomic E-state index is 0.0892. The Labute approximate surface area is 134 Å². The van der Waals surface area contributed by atoms with Gasteiger partial charge in [0.2, 0.25) is 0 Å². The van der Waals surface area contributed by atoms with Gasteiger partial charge in [-0.05, 0) is 24.3 Å². The summed E-state index contributed by atoms with van der Waals surface area (Å²) in [6.45, 7) is 0.135. The van der Waals surface area contributed by atoms with Gasteiger partial charge < -0.3 is 9.84 Å². The van der Waals surface area contributed by atoms with Crippen molar-refractivity contribution in [2.75, 3.05) is 0 Å². The predicted octanol–water partition coefficient (Wildman–Crippen LogP) is 5.03. The highest BCUT2D eigenvalue weighted by Crippen LogP contribution is 2.28. The lowest BCUT2D eigenvalue weighted by Crippen LogP contribution is -2.03. The average molecular weight is 376 g/mol. The van der Waals surface area contributed by atoms with Gasteiger partial charge in [-0.15, -0.1) is 0 Å². The van der Waals surface area contributed by atoms with Crippen LogP contribution < -0.4 is 4.74 Å². The van der Waals surface area contributed by atoms with Crippen LogP contribution in [0.3, 0.4) is 0 Å². The van der Waals surface area contributed by atoms with Crippen LogP contribution in [-0.2, 0) is 6.61 Å². The molecule has 0 fully saturated rings. The minimum atomic E-state index is -1.05. The van der Waals surface area contributed by atoms with Crippen LogP contribution in [0.5, 0.6) is 5.75 Å². The van der Waals surface area contributed by atoms with E-state index in [1.165, 1.54) is 6.07 Å². The highest BCUT2D eigenvalue weighted by atomic mass is 79.9. The molecule has 0 aliphatic heterocycles. The normalized spacial score (nSPS) is 10.3. The van der Waals surface area contributed by atoms with Gasteiger partial charge in [-0.3, -0.25) is 0 Å². The van der Waals surface area contributed by atoms with Gasteiger partial charge in [-0.2, -0.15) is 0 Å². The molecular weight excluding hydrogens is 367 g/mol. The first-order valence-corrected chi connectivity index (χ1v) is 7.12. The van der Waals surface area contributed by atoms with Gasteiger partial charge in [-0.25, -0.2) is 4.79 Å². The van der Waals surface area contributed by atoms with Crippen molar-refractivity contribution in [1.82, 2.24) is 0 Å². The highest BCUT2D eigenvalue weighted by molar-refractivity contribution is 9.10. The van der Waals surface area contributed by atoms with Crippen molar-refractivity contribution in [2.45, 2.75) is 6.61 Å². The quantitative estimate of drug-likeness (QED) is 0.814. The van der Waals surface area contributed by atoms with Crippen molar-refractivity contribution < 1.29 is 14.6 Å². The summed E-state index contributed by atoms with van der Waals surface area (Å²) in [5.74, 6) is -0.785. The van der Waals surface area contributed by atoms with E-state index in [0.717, 1.165) is 4.47 Å². The molecule has 0 unspecified atom stereocenters. The zero-order valence-electron chi connectivity index (χ0n) is 10.1. The molecule has 0 aliphatic rings. The van der Waals surface area contributed by atoms with E-state index in [2.05, 4.69) is 15.9 Å². The van der Waals surface area contributed by atoms with Crippen LogP contribution in [0.15, 0.2) is 40.9 Å². The first kappa shape index (κ1) is 15.2. The fraction of sp³-hybridized carbons (Fsp3) is 0.0714. The van der Waals surface area contributed by atoms with E-state index in [0.29, 0.717) is 15.6 Å². The monoisotopic (exact) mass is 374 g/mol. The van der Waals surface area contributed by atoms with Gasteiger partial charge in [0, 0.05) is 10.0 Å². The first-order chi connectivity index (χ1) is 9.49. The molecule has 0 saturated carbocycles. The van der Waals surface area contributed by atoms with Crippen LogP contribution in [0.1, 0.15) is 15.9 Å². The minimum Gasteiger partial charge on any atom is -0.488 e. The van der Waals surface area contributed by atoms with Crippen LogP contribution in [0.25, 0.3) is 0 Å². The predicted molar refractivity (Wildman–Crippen MR) is 81.9 cm³/mol. The number of hydrogen-bond donors (Lipinski definition) is 1. The van der Waals surface area contributed by atoms with Gasteiger partial charge in [0.1, 0.15) is 17.9 Å². The summed E-state index contributed by atoms with van der Waals surface area (Å²) in [4.78, 5) is 11.1. The molecule has 2 rings (SSSR count). The second kappa shape index (κ2) is 6.48. The molecule has 0 aliphatic carbocycles. The Hall–Kier alpha value is -1.23. The average Bonchev–Trinajstić information content (AvgIpc) is 2.40. The molecule has 3 nitrogen and oxygen atoms in total. The second-order valence-corrected chi connectivity index (χ2v) is 5.65. The van der Waals surface area contributed by atoms with Gasteiger partial charge in [0.05, 0.1) is 10.0 Å². The summed E-state index contributed by atoms with van der Waals surface area (Å²) in [5, 5.41) is 9.94. The molecule has 0 radical (unpaired) electrons. The number of aromatic carboxylic acids is 1. The van der Waals surface area contributed by atoms with Gasteiger partial charge in [-0.1, -0.05) is 51.3 Å². The van der Waals surface area contributed by atoms with E-state index in [1.54, 1.807) is 30.3 Å². The summed E-state index contributed by atoms with van der Waals surface area (Å²) in [6.07, 6.45) is 0. The maximum absolute atomic E-state index is 11.1. The molecule has 20 heavy (non-hydrogen) atoms. The second-order valence-electron chi connectivity index (χ2n) is 3.95. The molecule has 2 aromatic rings. The fourth-order valence-corrected chi connectivity index (χ4v) is 2.32. The molecule has 2 aromatic carbocycles. The lowest BCUT2D eigenvalue weighted by atomic mass is 10.2. The topological polar surface area (TPSA) is 46.5 Å². The third-order valence-corrected chi connectivity index (χ3v) is 3.94. The number of ether oxygens (including phenoxy) is 1. The lowest BCUT2D eigenvalue weighted by Gasteiger charge is -2.11. The number of carboxylic acid groups (broad SMARTS) is 1. The molecular formula is C14H9BrCl2O3. The smallest absolute Gasteiger partial charge is 0.339 e. The van der Waals surface area contributed by atoms with E-state index in [1.807, 2.05) is 0 Å². The van der Waals surface area contributed by atoms with Crippen LogP contribution in [-0.4, -0.2) is 11.1 Å². The number of rotatable bonds is 4. The molecule has 0 bridgehead atoms. The molecule has 0 amide bonds. The summed E-state index contributed by atoms with van der Waals surface area (Å²) < 4.78 is 6.28. The summed E-state index contributed by atoms with van der Waals surface area (Å²) in [6, 6.07) is 9.92. The van der Waals surface area contributed by atoms with Crippen LogP contribution in [0, 0.1) is 0 Å². The third kappa shape index (κ3) is 3.45. The Balaban J connectivity index is 2.24. The molecule has 0 aromatic heterocycles. The number of carboxylic acids is 1. The van der Waals surface area contributed by atoms with E-state index < -0.39 is 5.97 Å². The van der Waals surface area contributed by atoms with Crippen LogP contribution in [0.2, 0.25) is 10.0 Å². The number of benzene rings is 2. The van der Waals surface area contributed by atoms with Crippen LogP contribution >= 0.6 is 39.1 Å². The van der Waals surface area contributed by atoms with E-state index >= 15 is 0 Å². The largest absolute Gasteiger partial charge is 0.488 e. The van der Waals surface area contributed by atoms with Crippen molar-refractivity contribution in [3.63, 3.8) is 0 Å². The number of carbonyl (C=O) groups is 1. The maximum atomic E-state index is 11.1. The van der Waals surface area contributed by atoms with Crippen molar-refractivity contribution >= 4 is 45.1 Å². The van der Waals surface area contributed by atoms with E-state index in [-0.39, 0.29) is 17.9 Å². The van der Waals surface area contributed by atoms with Crippen molar-refractivity contribution in [1.29, 1.82) is 0 Å². The summed E-state index contributed by atoms with van der Waals surface area (Å²) in [7, 11) is 0. The van der Waals surface area contributed by atoms with Crippen molar-refractivity contribution in [3.8, 4) is 5.75 Å². The maximum Gasteiger partial charge on any atom is 0.339 e. The Kier molecular flexibility index (Phi) is 4.91. The SMILES string of the molecule is O=C(O)c1ccc(Br)cc1OCc1cccc(Cl)c1Cl.